The molecule has 0 bridgehead atoms. The van der Waals surface area contributed by atoms with Crippen LogP contribution in [0.15, 0.2) is 60.7 Å². The van der Waals surface area contributed by atoms with Crippen molar-refractivity contribution < 1.29 is 9.59 Å². The molecule has 1 radical (unpaired) electrons. The molecule has 3 amide bonds. The van der Waals surface area contributed by atoms with E-state index in [1.165, 1.54) is 0 Å². The van der Waals surface area contributed by atoms with E-state index in [1.807, 2.05) is 81.4 Å². The summed E-state index contributed by atoms with van der Waals surface area (Å²) in [6.45, 7) is 5.52. The van der Waals surface area contributed by atoms with E-state index in [0.29, 0.717) is 0 Å². The lowest BCUT2D eigenvalue weighted by atomic mass is 9.93. The molecule has 2 aromatic rings. The molecule has 0 saturated heterocycles. The van der Waals surface area contributed by atoms with Gasteiger partial charge in [-0.05, 0) is 31.9 Å². The summed E-state index contributed by atoms with van der Waals surface area (Å²) in [5, 5.41) is 2.85. The zero-order valence-corrected chi connectivity index (χ0v) is 13.6. The maximum absolute atomic E-state index is 12.5. The topological polar surface area (TPSA) is 49.4 Å². The average molecular weight is 309 g/mol. The lowest BCUT2D eigenvalue weighted by Gasteiger charge is -2.34. The molecule has 2 aromatic carbocycles. The number of imide groups is 1. The van der Waals surface area contributed by atoms with Crippen molar-refractivity contribution in [1.82, 2.24) is 10.2 Å². The Morgan fingerprint density at radius 3 is 2.09 bits per heavy atom. The van der Waals surface area contributed by atoms with Gasteiger partial charge >= 0.3 is 12.4 Å². The van der Waals surface area contributed by atoms with Gasteiger partial charge in [0.05, 0.1) is 11.6 Å². The summed E-state index contributed by atoms with van der Waals surface area (Å²) in [4.78, 5) is 25.0. The van der Waals surface area contributed by atoms with Crippen LogP contribution in [0.3, 0.4) is 0 Å². The fourth-order valence-corrected chi connectivity index (χ4v) is 2.46. The zero-order valence-electron chi connectivity index (χ0n) is 13.6. The fourth-order valence-electron chi connectivity index (χ4n) is 2.46. The van der Waals surface area contributed by atoms with Crippen LogP contribution in [0.25, 0.3) is 0 Å². The van der Waals surface area contributed by atoms with Gasteiger partial charge in [0.25, 0.3) is 0 Å². The Kier molecular flexibility index (Phi) is 5.16. The molecule has 0 aliphatic heterocycles. The quantitative estimate of drug-likeness (QED) is 0.855. The smallest absolute Gasteiger partial charge is 0.325 e. The molecular formula is C19H21N2O2. The first-order chi connectivity index (χ1) is 11.0. The van der Waals surface area contributed by atoms with E-state index in [4.69, 9.17) is 0 Å². The standard InChI is InChI=1S/C19H21N2O2/c1-15(16-10-6-4-7-11-16)20-18(23)21(14-22)19(2,3)17-12-8-5-9-13-17/h4-13,15H,1-3H3,(H,20,23). The Hall–Kier alpha value is -2.62. The van der Waals surface area contributed by atoms with Crippen LogP contribution in [0.4, 0.5) is 4.79 Å². The zero-order chi connectivity index (χ0) is 16.9. The van der Waals surface area contributed by atoms with Crippen LogP contribution in [-0.2, 0) is 10.3 Å². The second-order valence-electron chi connectivity index (χ2n) is 5.93. The van der Waals surface area contributed by atoms with Crippen LogP contribution in [0, 0.1) is 0 Å². The number of hydrogen-bond donors (Lipinski definition) is 1. The normalized spacial score (nSPS) is 12.3. The van der Waals surface area contributed by atoms with Crippen LogP contribution in [-0.4, -0.2) is 17.3 Å². The van der Waals surface area contributed by atoms with E-state index in [-0.39, 0.29) is 6.04 Å². The third-order valence-electron chi connectivity index (χ3n) is 3.97. The third kappa shape index (κ3) is 3.77. The number of carbonyl (C=O) groups is 1. The molecule has 23 heavy (non-hydrogen) atoms. The number of nitrogens with zero attached hydrogens (tertiary/aromatic N) is 1. The highest BCUT2D eigenvalue weighted by Crippen LogP contribution is 2.27. The van der Waals surface area contributed by atoms with Gasteiger partial charge in [0.2, 0.25) is 0 Å². The predicted molar refractivity (Wildman–Crippen MR) is 90.4 cm³/mol. The molecule has 2 rings (SSSR count). The summed E-state index contributed by atoms with van der Waals surface area (Å²) in [7, 11) is 0. The molecule has 0 heterocycles. The van der Waals surface area contributed by atoms with Gasteiger partial charge in [-0.1, -0.05) is 60.7 Å². The molecule has 0 aliphatic carbocycles. The highest BCUT2D eigenvalue weighted by molar-refractivity contribution is 5.86. The fraction of sp³-hybridized carbons (Fsp3) is 0.263. The van der Waals surface area contributed by atoms with E-state index in [1.54, 1.807) is 6.41 Å². The van der Waals surface area contributed by atoms with Gasteiger partial charge in [0.1, 0.15) is 0 Å². The van der Waals surface area contributed by atoms with Crippen molar-refractivity contribution in [2.75, 3.05) is 0 Å². The molecule has 119 valence electrons. The first kappa shape index (κ1) is 16.7. The Bertz CT molecular complexity index is 654. The largest absolute Gasteiger partial charge is 0.331 e. The number of rotatable bonds is 5. The number of urea groups is 1. The van der Waals surface area contributed by atoms with Crippen LogP contribution in [0.1, 0.15) is 37.9 Å². The summed E-state index contributed by atoms with van der Waals surface area (Å²) < 4.78 is 0. The number of amides is 3. The van der Waals surface area contributed by atoms with Crippen molar-refractivity contribution in [1.29, 1.82) is 0 Å². The molecule has 0 fully saturated rings. The molecule has 0 saturated carbocycles. The summed E-state index contributed by atoms with van der Waals surface area (Å²) in [6, 6.07) is 18.4. The van der Waals surface area contributed by atoms with Crippen LogP contribution in [0.2, 0.25) is 0 Å². The Labute approximate surface area is 137 Å². The summed E-state index contributed by atoms with van der Waals surface area (Å²) in [5.74, 6) is 0. The first-order valence-electron chi connectivity index (χ1n) is 7.56. The summed E-state index contributed by atoms with van der Waals surface area (Å²) >= 11 is 0. The predicted octanol–water partition coefficient (Wildman–Crippen LogP) is 3.76. The van der Waals surface area contributed by atoms with Crippen molar-refractivity contribution in [2.45, 2.75) is 32.4 Å². The van der Waals surface area contributed by atoms with Crippen LogP contribution in [0.5, 0.6) is 0 Å². The van der Waals surface area contributed by atoms with Crippen molar-refractivity contribution in [3.8, 4) is 0 Å². The van der Waals surface area contributed by atoms with Crippen molar-refractivity contribution in [2.24, 2.45) is 0 Å². The minimum absolute atomic E-state index is 0.203. The van der Waals surface area contributed by atoms with Gasteiger partial charge in [-0.3, -0.25) is 4.79 Å². The van der Waals surface area contributed by atoms with Crippen molar-refractivity contribution >= 4 is 12.4 Å². The first-order valence-corrected chi connectivity index (χ1v) is 7.56. The van der Waals surface area contributed by atoms with Crippen LogP contribution >= 0.6 is 0 Å². The molecule has 4 heteroatoms. The minimum atomic E-state index is -0.788. The molecule has 0 aliphatic rings. The molecule has 1 atom stereocenters. The SMILES string of the molecule is CC(NC(=O)N([C]=O)C(C)(C)c1ccccc1)c1ccccc1. The number of nitrogens with one attached hydrogen (secondary N) is 1. The highest BCUT2D eigenvalue weighted by Gasteiger charge is 2.33. The van der Waals surface area contributed by atoms with Gasteiger partial charge in [-0.15, -0.1) is 0 Å². The Morgan fingerprint density at radius 2 is 1.57 bits per heavy atom. The van der Waals surface area contributed by atoms with Gasteiger partial charge in [0, 0.05) is 0 Å². The van der Waals surface area contributed by atoms with E-state index in [2.05, 4.69) is 5.32 Å². The number of benzene rings is 2. The van der Waals surface area contributed by atoms with Gasteiger partial charge in [0.15, 0.2) is 0 Å². The Balaban J connectivity index is 2.17. The van der Waals surface area contributed by atoms with Crippen molar-refractivity contribution in [3.05, 3.63) is 71.8 Å². The van der Waals surface area contributed by atoms with Gasteiger partial charge in [-0.2, -0.15) is 0 Å². The second kappa shape index (κ2) is 7.09. The van der Waals surface area contributed by atoms with E-state index in [0.717, 1.165) is 16.0 Å². The molecule has 0 spiro atoms. The molecular weight excluding hydrogens is 288 g/mol. The monoisotopic (exact) mass is 309 g/mol. The summed E-state index contributed by atoms with van der Waals surface area (Å²) in [6.07, 6.45) is 1.77. The van der Waals surface area contributed by atoms with Gasteiger partial charge < -0.3 is 5.32 Å². The Morgan fingerprint density at radius 1 is 1.04 bits per heavy atom. The third-order valence-corrected chi connectivity index (χ3v) is 3.97. The van der Waals surface area contributed by atoms with E-state index >= 15 is 0 Å². The van der Waals surface area contributed by atoms with Crippen molar-refractivity contribution in [3.63, 3.8) is 0 Å². The lowest BCUT2D eigenvalue weighted by Crippen LogP contribution is -2.49. The number of hydrogen-bond acceptors (Lipinski definition) is 2. The minimum Gasteiger partial charge on any atom is -0.331 e. The van der Waals surface area contributed by atoms with E-state index in [9.17, 15) is 9.59 Å². The van der Waals surface area contributed by atoms with Crippen LogP contribution < -0.4 is 5.32 Å². The van der Waals surface area contributed by atoms with E-state index < -0.39 is 11.6 Å². The second-order valence-corrected chi connectivity index (χ2v) is 5.93. The summed E-state index contributed by atoms with van der Waals surface area (Å²) in [5.41, 5.74) is 1.05. The molecule has 0 aromatic heterocycles. The lowest BCUT2D eigenvalue weighted by molar-refractivity contribution is 0.177. The maximum atomic E-state index is 12.5. The molecule has 4 nitrogen and oxygen atoms in total. The molecule has 1 unspecified atom stereocenters. The average Bonchev–Trinajstić information content (AvgIpc) is 2.56. The highest BCUT2D eigenvalue weighted by atomic mass is 16.2. The number of carbonyl (C=O) groups excluding carboxylic acids is 2. The van der Waals surface area contributed by atoms with Gasteiger partial charge in [-0.25, -0.2) is 9.69 Å². The molecule has 1 N–H and O–H groups in total. The maximum Gasteiger partial charge on any atom is 0.325 e.